The number of guanidine groups is 1. The summed E-state index contributed by atoms with van der Waals surface area (Å²) in [4.78, 5) is 4.65. The van der Waals surface area contributed by atoms with Crippen LogP contribution in [0.1, 0.15) is 30.9 Å². The molecule has 28 heavy (non-hydrogen) atoms. The molecule has 0 saturated heterocycles. The van der Waals surface area contributed by atoms with Crippen molar-refractivity contribution in [1.82, 2.24) is 10.6 Å². The zero-order valence-electron chi connectivity index (χ0n) is 17.1. The summed E-state index contributed by atoms with van der Waals surface area (Å²) in [5.74, 6) is 1.76. The first-order valence-electron chi connectivity index (χ1n) is 10.1. The Morgan fingerprint density at radius 1 is 0.929 bits per heavy atom. The molecule has 0 saturated carbocycles. The lowest BCUT2D eigenvalue weighted by molar-refractivity contribution is 0.117. The van der Waals surface area contributed by atoms with E-state index in [0.717, 1.165) is 57.2 Å². The standard InChI is InChI=1S/C23H33N3O2/c1-3-24-23(26-17-15-20-11-13-22(27-2)14-12-20)25-16-7-8-18-28-19-21-9-5-4-6-10-21/h4-6,9-14H,3,7-8,15-19H2,1-2H3,(H2,24,25,26). The van der Waals surface area contributed by atoms with E-state index >= 15 is 0 Å². The molecule has 0 amide bonds. The summed E-state index contributed by atoms with van der Waals surface area (Å²) in [6.45, 7) is 6.03. The second-order valence-corrected chi connectivity index (χ2v) is 6.53. The number of nitrogens with one attached hydrogen (secondary N) is 2. The van der Waals surface area contributed by atoms with Gasteiger partial charge in [-0.3, -0.25) is 4.99 Å². The molecule has 0 radical (unpaired) electrons. The van der Waals surface area contributed by atoms with Crippen LogP contribution >= 0.6 is 0 Å². The Balaban J connectivity index is 1.59. The Bertz CT molecular complexity index is 672. The maximum atomic E-state index is 5.72. The zero-order chi connectivity index (χ0) is 19.9. The summed E-state index contributed by atoms with van der Waals surface area (Å²) in [6.07, 6.45) is 2.98. The van der Waals surface area contributed by atoms with Gasteiger partial charge in [0.05, 0.1) is 13.7 Å². The molecular weight excluding hydrogens is 350 g/mol. The van der Waals surface area contributed by atoms with Crippen molar-refractivity contribution in [2.75, 3.05) is 33.4 Å². The molecule has 0 atom stereocenters. The third-order valence-corrected chi connectivity index (χ3v) is 4.29. The van der Waals surface area contributed by atoms with Crippen molar-refractivity contribution in [3.63, 3.8) is 0 Å². The van der Waals surface area contributed by atoms with Gasteiger partial charge in [-0.15, -0.1) is 0 Å². The minimum atomic E-state index is 0.680. The molecular formula is C23H33N3O2. The van der Waals surface area contributed by atoms with Gasteiger partial charge in [0.15, 0.2) is 5.96 Å². The number of methoxy groups -OCH3 is 1. The van der Waals surface area contributed by atoms with Crippen LogP contribution in [0, 0.1) is 0 Å². The molecule has 5 nitrogen and oxygen atoms in total. The largest absolute Gasteiger partial charge is 0.497 e. The van der Waals surface area contributed by atoms with Gasteiger partial charge in [0.25, 0.3) is 0 Å². The molecule has 0 spiro atoms. The smallest absolute Gasteiger partial charge is 0.191 e. The summed E-state index contributed by atoms with van der Waals surface area (Å²) >= 11 is 0. The molecule has 152 valence electrons. The summed E-state index contributed by atoms with van der Waals surface area (Å²) in [5.41, 5.74) is 2.50. The first-order chi connectivity index (χ1) is 13.8. The fourth-order valence-electron chi connectivity index (χ4n) is 2.73. The van der Waals surface area contributed by atoms with Crippen LogP contribution in [0.25, 0.3) is 0 Å². The van der Waals surface area contributed by atoms with Crippen LogP contribution in [0.15, 0.2) is 59.6 Å². The Hall–Kier alpha value is -2.53. The molecule has 0 aliphatic carbocycles. The number of ether oxygens (including phenoxy) is 2. The van der Waals surface area contributed by atoms with Gasteiger partial charge in [-0.2, -0.15) is 0 Å². The van der Waals surface area contributed by atoms with E-state index in [0.29, 0.717) is 6.61 Å². The number of unbranched alkanes of at least 4 members (excludes halogenated alkanes) is 1. The molecule has 2 rings (SSSR count). The molecule has 0 aliphatic heterocycles. The third-order valence-electron chi connectivity index (χ3n) is 4.29. The summed E-state index contributed by atoms with van der Waals surface area (Å²) < 4.78 is 10.9. The maximum Gasteiger partial charge on any atom is 0.191 e. The molecule has 2 aromatic carbocycles. The normalized spacial score (nSPS) is 11.3. The van der Waals surface area contributed by atoms with Crippen LogP contribution < -0.4 is 15.4 Å². The van der Waals surface area contributed by atoms with Crippen LogP contribution in [0.4, 0.5) is 0 Å². The number of aliphatic imine (C=N–C) groups is 1. The first-order valence-corrected chi connectivity index (χ1v) is 10.1. The molecule has 0 aliphatic rings. The van der Waals surface area contributed by atoms with E-state index in [9.17, 15) is 0 Å². The molecule has 0 heterocycles. The van der Waals surface area contributed by atoms with E-state index in [1.165, 1.54) is 11.1 Å². The van der Waals surface area contributed by atoms with E-state index in [-0.39, 0.29) is 0 Å². The molecule has 0 fully saturated rings. The van der Waals surface area contributed by atoms with Crippen molar-refractivity contribution in [2.45, 2.75) is 32.8 Å². The second-order valence-electron chi connectivity index (χ2n) is 6.53. The lowest BCUT2D eigenvalue weighted by Gasteiger charge is -2.11. The van der Waals surface area contributed by atoms with Crippen molar-refractivity contribution in [1.29, 1.82) is 0 Å². The summed E-state index contributed by atoms with van der Waals surface area (Å²) in [5, 5.41) is 6.70. The van der Waals surface area contributed by atoms with Gasteiger partial charge in [-0.1, -0.05) is 42.5 Å². The van der Waals surface area contributed by atoms with Gasteiger partial charge < -0.3 is 20.1 Å². The van der Waals surface area contributed by atoms with Crippen molar-refractivity contribution >= 4 is 5.96 Å². The maximum absolute atomic E-state index is 5.72. The van der Waals surface area contributed by atoms with E-state index in [1.54, 1.807) is 7.11 Å². The summed E-state index contributed by atoms with van der Waals surface area (Å²) in [7, 11) is 1.69. The fourth-order valence-corrected chi connectivity index (χ4v) is 2.73. The van der Waals surface area contributed by atoms with Gasteiger partial charge in [-0.25, -0.2) is 0 Å². The Morgan fingerprint density at radius 3 is 2.43 bits per heavy atom. The highest BCUT2D eigenvalue weighted by Crippen LogP contribution is 2.11. The lowest BCUT2D eigenvalue weighted by Crippen LogP contribution is -2.38. The number of rotatable bonds is 12. The molecule has 2 aromatic rings. The van der Waals surface area contributed by atoms with Gasteiger partial charge in [0.1, 0.15) is 5.75 Å². The molecule has 0 bridgehead atoms. The van der Waals surface area contributed by atoms with Gasteiger partial charge in [0.2, 0.25) is 0 Å². The Morgan fingerprint density at radius 2 is 1.71 bits per heavy atom. The van der Waals surface area contributed by atoms with Gasteiger partial charge in [-0.05, 0) is 49.4 Å². The Labute approximate surface area is 169 Å². The highest BCUT2D eigenvalue weighted by Gasteiger charge is 1.99. The van der Waals surface area contributed by atoms with Crippen LogP contribution in [0.3, 0.4) is 0 Å². The molecule has 5 heteroatoms. The van der Waals surface area contributed by atoms with Crippen LogP contribution in [0.2, 0.25) is 0 Å². The predicted molar refractivity (Wildman–Crippen MR) is 116 cm³/mol. The SMILES string of the molecule is CCNC(=NCCCCOCc1ccccc1)NCCc1ccc(OC)cc1. The van der Waals surface area contributed by atoms with Crippen LogP contribution in [0.5, 0.6) is 5.75 Å². The minimum Gasteiger partial charge on any atom is -0.497 e. The second kappa shape index (κ2) is 13.6. The number of benzene rings is 2. The van der Waals surface area contributed by atoms with Crippen molar-refractivity contribution in [3.8, 4) is 5.75 Å². The van der Waals surface area contributed by atoms with E-state index < -0.39 is 0 Å². The van der Waals surface area contributed by atoms with E-state index in [4.69, 9.17) is 9.47 Å². The summed E-state index contributed by atoms with van der Waals surface area (Å²) in [6, 6.07) is 18.5. The number of nitrogens with zero attached hydrogens (tertiary/aromatic N) is 1. The van der Waals surface area contributed by atoms with Gasteiger partial charge >= 0.3 is 0 Å². The highest BCUT2D eigenvalue weighted by atomic mass is 16.5. The Kier molecular flexibility index (Phi) is 10.6. The zero-order valence-corrected chi connectivity index (χ0v) is 17.1. The van der Waals surface area contributed by atoms with Crippen LogP contribution in [-0.2, 0) is 17.8 Å². The first kappa shape index (κ1) is 21.8. The van der Waals surface area contributed by atoms with E-state index in [1.807, 2.05) is 30.3 Å². The third kappa shape index (κ3) is 8.91. The number of hydrogen-bond acceptors (Lipinski definition) is 3. The molecule has 0 aromatic heterocycles. The van der Waals surface area contributed by atoms with Crippen LogP contribution in [-0.4, -0.2) is 39.3 Å². The highest BCUT2D eigenvalue weighted by molar-refractivity contribution is 5.79. The predicted octanol–water partition coefficient (Wildman–Crippen LogP) is 3.79. The molecule has 2 N–H and O–H groups in total. The lowest BCUT2D eigenvalue weighted by atomic mass is 10.1. The topological polar surface area (TPSA) is 54.9 Å². The monoisotopic (exact) mass is 383 g/mol. The number of hydrogen-bond donors (Lipinski definition) is 2. The van der Waals surface area contributed by atoms with Crippen molar-refractivity contribution in [3.05, 3.63) is 65.7 Å². The average Bonchev–Trinajstić information content (AvgIpc) is 2.74. The van der Waals surface area contributed by atoms with Crippen molar-refractivity contribution < 1.29 is 9.47 Å². The minimum absolute atomic E-state index is 0.680. The molecule has 0 unspecified atom stereocenters. The van der Waals surface area contributed by atoms with E-state index in [2.05, 4.69) is 46.8 Å². The van der Waals surface area contributed by atoms with Gasteiger partial charge in [0, 0.05) is 26.2 Å². The fraction of sp³-hybridized carbons (Fsp3) is 0.435. The average molecular weight is 384 g/mol. The quantitative estimate of drug-likeness (QED) is 0.333. The van der Waals surface area contributed by atoms with Crippen molar-refractivity contribution in [2.24, 2.45) is 4.99 Å².